The number of benzene rings is 2. The van der Waals surface area contributed by atoms with Gasteiger partial charge in [0.15, 0.2) is 11.6 Å². The molecule has 44 heavy (non-hydrogen) atoms. The van der Waals surface area contributed by atoms with Crippen molar-refractivity contribution in [2.75, 3.05) is 19.6 Å². The monoisotopic (exact) mass is 609 g/mol. The molecule has 1 saturated heterocycles. The van der Waals surface area contributed by atoms with Gasteiger partial charge in [-0.1, -0.05) is 32.0 Å². The van der Waals surface area contributed by atoms with E-state index in [0.717, 1.165) is 33.9 Å². The van der Waals surface area contributed by atoms with E-state index in [0.29, 0.717) is 38.0 Å². The lowest BCUT2D eigenvalue weighted by Gasteiger charge is -2.34. The highest BCUT2D eigenvalue weighted by molar-refractivity contribution is 5.83. The summed E-state index contributed by atoms with van der Waals surface area (Å²) in [5, 5.41) is 2.80. The van der Waals surface area contributed by atoms with Gasteiger partial charge < -0.3 is 9.88 Å². The Labute approximate surface area is 257 Å². The first-order valence-electron chi connectivity index (χ1n) is 15.2. The first-order valence-corrected chi connectivity index (χ1v) is 15.2. The van der Waals surface area contributed by atoms with Crippen molar-refractivity contribution < 1.29 is 22.8 Å². The molecule has 0 unspecified atom stereocenters. The fraction of sp³-hybridized carbons (Fsp3) is 0.457. The van der Waals surface area contributed by atoms with E-state index in [1.54, 1.807) is 6.20 Å². The molecule has 236 valence electrons. The maximum Gasteiger partial charge on any atom is 0.251 e. The number of halogens is 3. The van der Waals surface area contributed by atoms with Crippen LogP contribution in [-0.2, 0) is 16.0 Å². The van der Waals surface area contributed by atoms with Gasteiger partial charge in [-0.25, -0.2) is 13.2 Å². The minimum atomic E-state index is -1.16. The second-order valence-electron chi connectivity index (χ2n) is 12.6. The molecule has 9 heteroatoms. The van der Waals surface area contributed by atoms with Gasteiger partial charge in [0, 0.05) is 43.9 Å². The number of amides is 1. The van der Waals surface area contributed by atoms with Gasteiger partial charge in [-0.2, -0.15) is 0 Å². The van der Waals surface area contributed by atoms with Gasteiger partial charge >= 0.3 is 0 Å². The van der Waals surface area contributed by atoms with E-state index in [2.05, 4.69) is 5.32 Å². The molecule has 0 aliphatic carbocycles. The summed E-state index contributed by atoms with van der Waals surface area (Å²) >= 11 is 0. The number of Topliss-reactive ketones (excluding diaryl/α,β-unsaturated/α-hetero) is 1. The number of hydrogen-bond acceptors (Lipinski definition) is 4. The van der Waals surface area contributed by atoms with Gasteiger partial charge in [-0.3, -0.25) is 19.3 Å². The van der Waals surface area contributed by atoms with Crippen LogP contribution in [0.2, 0.25) is 0 Å². The van der Waals surface area contributed by atoms with Crippen molar-refractivity contribution in [2.24, 2.45) is 5.92 Å². The summed E-state index contributed by atoms with van der Waals surface area (Å²) in [6.07, 6.45) is 1.49. The molecule has 4 rings (SSSR count). The van der Waals surface area contributed by atoms with E-state index in [1.807, 2.05) is 57.7 Å². The van der Waals surface area contributed by atoms with Crippen molar-refractivity contribution in [1.82, 2.24) is 14.8 Å². The smallest absolute Gasteiger partial charge is 0.251 e. The van der Waals surface area contributed by atoms with Gasteiger partial charge in [-0.15, -0.1) is 0 Å². The summed E-state index contributed by atoms with van der Waals surface area (Å²) in [5.74, 6) is -3.09. The Balaban J connectivity index is 1.71. The highest BCUT2D eigenvalue weighted by Crippen LogP contribution is 2.33. The molecule has 2 aromatic carbocycles. The fourth-order valence-corrected chi connectivity index (χ4v) is 6.02. The normalized spacial score (nSPS) is 15.2. The molecule has 2 atom stereocenters. The van der Waals surface area contributed by atoms with Crippen LogP contribution in [0, 0.1) is 38.3 Å². The second kappa shape index (κ2) is 13.9. The van der Waals surface area contributed by atoms with Crippen molar-refractivity contribution in [3.05, 3.63) is 92.4 Å². The molecule has 1 N–H and O–H groups in total. The molecule has 1 aliphatic rings. The van der Waals surface area contributed by atoms with Crippen molar-refractivity contribution in [3.8, 4) is 11.1 Å². The van der Waals surface area contributed by atoms with Gasteiger partial charge in [-0.05, 0) is 92.0 Å². The maximum absolute atomic E-state index is 15.4. The van der Waals surface area contributed by atoms with Gasteiger partial charge in [0.05, 0.1) is 6.04 Å². The first-order chi connectivity index (χ1) is 20.7. The quantitative estimate of drug-likeness (QED) is 0.260. The van der Waals surface area contributed by atoms with Crippen LogP contribution in [0.25, 0.3) is 11.1 Å². The van der Waals surface area contributed by atoms with E-state index >= 15 is 8.78 Å². The van der Waals surface area contributed by atoms with Crippen LogP contribution >= 0.6 is 0 Å². The highest BCUT2D eigenvalue weighted by atomic mass is 19.2. The minimum Gasteiger partial charge on any atom is -0.347 e. The molecular formula is C35H42F3N3O3. The SMILES string of the molecule is CC(=O)C[C@H](NC(=O)[C@H](CC(C)C)n1cc(CCN2CC(F)C2)c(C)cc1=O)c1cc(-c2c(C)cccc2C)cc(F)c1F. The first kappa shape index (κ1) is 33.2. The second-order valence-corrected chi connectivity index (χ2v) is 12.6. The van der Waals surface area contributed by atoms with Crippen molar-refractivity contribution in [3.63, 3.8) is 0 Å². The molecule has 6 nitrogen and oxygen atoms in total. The number of pyridine rings is 1. The molecule has 0 spiro atoms. The lowest BCUT2D eigenvalue weighted by Crippen LogP contribution is -2.49. The maximum atomic E-state index is 15.4. The van der Waals surface area contributed by atoms with E-state index in [1.165, 1.54) is 23.6 Å². The number of hydrogen-bond donors (Lipinski definition) is 1. The summed E-state index contributed by atoms with van der Waals surface area (Å²) in [6.45, 7) is 12.2. The number of nitrogens with one attached hydrogen (secondary N) is 1. The summed E-state index contributed by atoms with van der Waals surface area (Å²) in [7, 11) is 0. The van der Waals surface area contributed by atoms with E-state index in [-0.39, 0.29) is 29.2 Å². The Morgan fingerprint density at radius 2 is 1.68 bits per heavy atom. The summed E-state index contributed by atoms with van der Waals surface area (Å²) < 4.78 is 45.2. The van der Waals surface area contributed by atoms with Crippen molar-refractivity contribution >= 4 is 11.7 Å². The number of aryl methyl sites for hydroxylation is 3. The molecule has 0 saturated carbocycles. The zero-order valence-electron chi connectivity index (χ0n) is 26.3. The Hall–Kier alpha value is -3.72. The topological polar surface area (TPSA) is 71.4 Å². The number of ketones is 1. The lowest BCUT2D eigenvalue weighted by atomic mass is 9.91. The summed E-state index contributed by atoms with van der Waals surface area (Å²) in [4.78, 5) is 41.5. The molecular weight excluding hydrogens is 567 g/mol. The number of likely N-dealkylation sites (tertiary alicyclic amines) is 1. The van der Waals surface area contributed by atoms with Gasteiger partial charge in [0.1, 0.15) is 18.0 Å². The fourth-order valence-electron chi connectivity index (χ4n) is 6.02. The van der Waals surface area contributed by atoms with Crippen molar-refractivity contribution in [2.45, 2.75) is 79.1 Å². The van der Waals surface area contributed by atoms with Crippen LogP contribution < -0.4 is 10.9 Å². The number of aromatic nitrogens is 1. The largest absolute Gasteiger partial charge is 0.347 e. The van der Waals surface area contributed by atoms with Crippen molar-refractivity contribution in [1.29, 1.82) is 0 Å². The third-order valence-electron chi connectivity index (χ3n) is 8.35. The van der Waals surface area contributed by atoms with Crippen LogP contribution in [0.15, 0.2) is 47.4 Å². The number of carbonyl (C=O) groups is 2. The zero-order chi connectivity index (χ0) is 32.3. The zero-order valence-corrected chi connectivity index (χ0v) is 26.3. The van der Waals surface area contributed by atoms with Crippen LogP contribution in [0.4, 0.5) is 13.2 Å². The number of rotatable bonds is 12. The summed E-state index contributed by atoms with van der Waals surface area (Å²) in [6, 6.07) is 7.63. The Morgan fingerprint density at radius 1 is 1.02 bits per heavy atom. The van der Waals surface area contributed by atoms with Gasteiger partial charge in [0.2, 0.25) is 5.91 Å². The number of alkyl halides is 1. The third-order valence-corrected chi connectivity index (χ3v) is 8.35. The van der Waals surface area contributed by atoms with E-state index < -0.39 is 35.8 Å². The highest BCUT2D eigenvalue weighted by Gasteiger charge is 2.30. The predicted molar refractivity (Wildman–Crippen MR) is 166 cm³/mol. The minimum absolute atomic E-state index is 0.0118. The third kappa shape index (κ3) is 7.67. The number of carbonyl (C=O) groups excluding carboxylic acids is 2. The average molecular weight is 610 g/mol. The Morgan fingerprint density at radius 3 is 2.27 bits per heavy atom. The van der Waals surface area contributed by atoms with E-state index in [9.17, 15) is 18.8 Å². The lowest BCUT2D eigenvalue weighted by molar-refractivity contribution is -0.126. The average Bonchev–Trinajstić information content (AvgIpc) is 2.91. The molecule has 1 aromatic heterocycles. The molecule has 0 radical (unpaired) electrons. The van der Waals surface area contributed by atoms with Crippen LogP contribution in [-0.4, -0.2) is 47.0 Å². The summed E-state index contributed by atoms with van der Waals surface area (Å²) in [5.41, 5.74) is 4.09. The standard InChI is InChI=1S/C35H42F3N3O3/c1-20(2)12-31(41-17-25(23(5)13-32(41)43)10-11-40-18-27(36)19-40)35(44)39-30(14-24(6)42)28-15-26(16-29(37)34(28)38)33-21(3)8-7-9-22(33)4/h7-9,13,15-17,20,27,30-31H,10-12,14,18-19H2,1-6H3,(H,39,44)/t30-,31-/m0/s1. The Kier molecular flexibility index (Phi) is 10.5. The van der Waals surface area contributed by atoms with Crippen LogP contribution in [0.3, 0.4) is 0 Å². The Bertz CT molecular complexity index is 1570. The number of nitrogens with zero attached hydrogens (tertiary/aromatic N) is 2. The molecule has 2 heterocycles. The molecule has 1 amide bonds. The van der Waals surface area contributed by atoms with E-state index in [4.69, 9.17) is 0 Å². The molecule has 0 bridgehead atoms. The molecule has 3 aromatic rings. The predicted octanol–water partition coefficient (Wildman–Crippen LogP) is 6.34. The molecule has 1 aliphatic heterocycles. The molecule has 1 fully saturated rings. The van der Waals surface area contributed by atoms with Crippen LogP contribution in [0.1, 0.15) is 73.5 Å². The van der Waals surface area contributed by atoms with Crippen LogP contribution in [0.5, 0.6) is 0 Å². The van der Waals surface area contributed by atoms with Gasteiger partial charge in [0.25, 0.3) is 5.56 Å².